The van der Waals surface area contributed by atoms with Crippen molar-refractivity contribution in [3.8, 4) is 0 Å². The van der Waals surface area contributed by atoms with E-state index in [-0.39, 0.29) is 35.9 Å². The Balaban J connectivity index is 1.39. The zero-order chi connectivity index (χ0) is 18.0. The van der Waals surface area contributed by atoms with E-state index < -0.39 is 0 Å². The molecule has 2 bridgehead atoms. The van der Waals surface area contributed by atoms with E-state index in [1.54, 1.807) is 29.2 Å². The van der Waals surface area contributed by atoms with Gasteiger partial charge in [-0.05, 0) is 30.5 Å². The molecule has 4 atom stereocenters. The number of hydrogen-bond donors (Lipinski definition) is 0. The standard InChI is InChI=1S/C18H15Cl2N3O3/c19-11-2-1-9(5-12(11)20)7-22-8-10(6-21-22)23-17(24)15-13-3-4-14(26-13)16(15)18(23)25/h1-2,5-6,8,13-16H,3-4,7H2/t13-,14+,15-,16-/m0/s1. The van der Waals surface area contributed by atoms with Gasteiger partial charge in [-0.25, -0.2) is 4.90 Å². The highest BCUT2D eigenvalue weighted by Crippen LogP contribution is 2.49. The van der Waals surface area contributed by atoms with E-state index in [9.17, 15) is 9.59 Å². The fourth-order valence-electron chi connectivity index (χ4n) is 4.35. The van der Waals surface area contributed by atoms with Crippen LogP contribution in [0.5, 0.6) is 0 Å². The van der Waals surface area contributed by atoms with Crippen LogP contribution in [0.2, 0.25) is 10.0 Å². The minimum absolute atomic E-state index is 0.113. The zero-order valence-electron chi connectivity index (χ0n) is 13.6. The van der Waals surface area contributed by atoms with Gasteiger partial charge in [-0.2, -0.15) is 5.10 Å². The molecule has 0 unspecified atom stereocenters. The number of amides is 2. The Morgan fingerprint density at radius 3 is 2.42 bits per heavy atom. The van der Waals surface area contributed by atoms with E-state index in [1.807, 2.05) is 6.07 Å². The van der Waals surface area contributed by atoms with Gasteiger partial charge < -0.3 is 4.74 Å². The first kappa shape index (κ1) is 16.3. The molecule has 5 rings (SSSR count). The Bertz CT molecular complexity index is 900. The van der Waals surface area contributed by atoms with Gasteiger partial charge in [0.05, 0.1) is 52.5 Å². The smallest absolute Gasteiger partial charge is 0.240 e. The summed E-state index contributed by atoms with van der Waals surface area (Å²) in [5.41, 5.74) is 1.44. The molecule has 0 aliphatic carbocycles. The lowest BCUT2D eigenvalue weighted by atomic mass is 9.81. The molecule has 4 heterocycles. The maximum atomic E-state index is 12.8. The maximum Gasteiger partial charge on any atom is 0.240 e. The monoisotopic (exact) mass is 391 g/mol. The number of carbonyl (C=O) groups excluding carboxylic acids is 2. The molecule has 1 aromatic heterocycles. The molecule has 134 valence electrons. The van der Waals surface area contributed by atoms with Crippen LogP contribution in [0.15, 0.2) is 30.6 Å². The van der Waals surface area contributed by atoms with Crippen LogP contribution in [0.3, 0.4) is 0 Å². The van der Waals surface area contributed by atoms with Gasteiger partial charge in [-0.15, -0.1) is 0 Å². The summed E-state index contributed by atoms with van der Waals surface area (Å²) in [7, 11) is 0. The van der Waals surface area contributed by atoms with Crippen LogP contribution in [-0.2, 0) is 20.9 Å². The highest BCUT2D eigenvalue weighted by molar-refractivity contribution is 6.42. The van der Waals surface area contributed by atoms with Gasteiger partial charge in [-0.1, -0.05) is 29.3 Å². The number of fused-ring (bicyclic) bond motifs is 5. The van der Waals surface area contributed by atoms with E-state index in [4.69, 9.17) is 27.9 Å². The second-order valence-electron chi connectivity index (χ2n) is 7.00. The van der Waals surface area contributed by atoms with Crippen molar-refractivity contribution < 1.29 is 14.3 Å². The number of carbonyl (C=O) groups is 2. The SMILES string of the molecule is O=C1[C@@H]2[C@@H](C(=O)N1c1cnn(Cc3ccc(Cl)c(Cl)c3)c1)[C@H]1CC[C@@H]2O1. The lowest BCUT2D eigenvalue weighted by Gasteiger charge is -2.15. The van der Waals surface area contributed by atoms with E-state index >= 15 is 0 Å². The molecule has 0 N–H and O–H groups in total. The third-order valence-electron chi connectivity index (χ3n) is 5.49. The molecule has 1 aromatic carbocycles. The summed E-state index contributed by atoms with van der Waals surface area (Å²) >= 11 is 12.0. The lowest BCUT2D eigenvalue weighted by Crippen LogP contribution is -2.33. The number of aromatic nitrogens is 2. The van der Waals surface area contributed by atoms with Crippen LogP contribution in [0.1, 0.15) is 18.4 Å². The van der Waals surface area contributed by atoms with Crippen LogP contribution < -0.4 is 4.90 Å². The summed E-state index contributed by atoms with van der Waals surface area (Å²) < 4.78 is 7.43. The molecule has 8 heteroatoms. The second-order valence-corrected chi connectivity index (χ2v) is 7.81. The average Bonchev–Trinajstić information content (AvgIpc) is 3.36. The van der Waals surface area contributed by atoms with Gasteiger partial charge in [0.1, 0.15) is 0 Å². The first-order valence-electron chi connectivity index (χ1n) is 8.52. The normalized spacial score (nSPS) is 29.7. The van der Waals surface area contributed by atoms with Crippen molar-refractivity contribution in [2.45, 2.75) is 31.6 Å². The number of rotatable bonds is 3. The van der Waals surface area contributed by atoms with E-state index in [1.165, 1.54) is 4.90 Å². The lowest BCUT2D eigenvalue weighted by molar-refractivity contribution is -0.124. The number of ether oxygens (including phenoxy) is 1. The van der Waals surface area contributed by atoms with Crippen molar-refractivity contribution in [2.75, 3.05) is 4.90 Å². The highest BCUT2D eigenvalue weighted by atomic mass is 35.5. The summed E-state index contributed by atoms with van der Waals surface area (Å²) in [4.78, 5) is 26.9. The summed E-state index contributed by atoms with van der Waals surface area (Å²) in [6.45, 7) is 0.467. The molecule has 0 saturated carbocycles. The van der Waals surface area contributed by atoms with Crippen LogP contribution in [0.4, 0.5) is 5.69 Å². The molecule has 3 aliphatic heterocycles. The first-order valence-corrected chi connectivity index (χ1v) is 9.28. The Kier molecular flexibility index (Phi) is 3.64. The number of imide groups is 1. The van der Waals surface area contributed by atoms with E-state index in [2.05, 4.69) is 5.10 Å². The molecule has 2 amide bonds. The van der Waals surface area contributed by atoms with E-state index in [0.29, 0.717) is 22.3 Å². The fourth-order valence-corrected chi connectivity index (χ4v) is 4.67. The minimum atomic E-state index is -0.334. The molecule has 3 fully saturated rings. The Morgan fingerprint density at radius 2 is 1.77 bits per heavy atom. The third kappa shape index (κ3) is 2.32. The maximum absolute atomic E-state index is 12.8. The van der Waals surface area contributed by atoms with Crippen LogP contribution in [-0.4, -0.2) is 33.8 Å². The molecular weight excluding hydrogens is 377 g/mol. The molecule has 26 heavy (non-hydrogen) atoms. The molecule has 0 spiro atoms. The molecule has 3 saturated heterocycles. The molecular formula is C18H15Cl2N3O3. The van der Waals surface area contributed by atoms with Gasteiger partial charge in [0.15, 0.2) is 0 Å². The second kappa shape index (κ2) is 5.81. The molecule has 0 radical (unpaired) electrons. The van der Waals surface area contributed by atoms with Crippen LogP contribution in [0, 0.1) is 11.8 Å². The molecule has 6 nitrogen and oxygen atoms in total. The van der Waals surface area contributed by atoms with Crippen LogP contribution in [0.25, 0.3) is 0 Å². The summed E-state index contributed by atoms with van der Waals surface area (Å²) in [6, 6.07) is 5.37. The number of halogens is 2. The summed E-state index contributed by atoms with van der Waals surface area (Å²) in [6.07, 6.45) is 4.75. The Labute approximate surface area is 159 Å². The fraction of sp³-hybridized carbons (Fsp3) is 0.389. The minimum Gasteiger partial charge on any atom is -0.373 e. The number of nitrogens with zero attached hydrogens (tertiary/aromatic N) is 3. The summed E-state index contributed by atoms with van der Waals surface area (Å²) in [5, 5.41) is 5.26. The summed E-state index contributed by atoms with van der Waals surface area (Å²) in [5.74, 6) is -0.998. The van der Waals surface area contributed by atoms with Gasteiger partial charge >= 0.3 is 0 Å². The van der Waals surface area contributed by atoms with Crippen LogP contribution >= 0.6 is 23.2 Å². The highest BCUT2D eigenvalue weighted by Gasteiger charge is 2.62. The van der Waals surface area contributed by atoms with Crippen molar-refractivity contribution >= 4 is 40.7 Å². The third-order valence-corrected chi connectivity index (χ3v) is 6.23. The van der Waals surface area contributed by atoms with Crippen molar-refractivity contribution in [3.63, 3.8) is 0 Å². The average molecular weight is 392 g/mol. The zero-order valence-corrected chi connectivity index (χ0v) is 15.2. The first-order chi connectivity index (χ1) is 12.5. The van der Waals surface area contributed by atoms with Gasteiger partial charge in [0.25, 0.3) is 0 Å². The van der Waals surface area contributed by atoms with Gasteiger partial charge in [0, 0.05) is 6.20 Å². The Hall–Kier alpha value is -1.89. The van der Waals surface area contributed by atoms with Crippen molar-refractivity contribution in [2.24, 2.45) is 11.8 Å². The largest absolute Gasteiger partial charge is 0.373 e. The predicted molar refractivity (Wildman–Crippen MR) is 95.2 cm³/mol. The van der Waals surface area contributed by atoms with Crippen molar-refractivity contribution in [1.82, 2.24) is 9.78 Å². The molecule has 3 aliphatic rings. The topological polar surface area (TPSA) is 64.4 Å². The number of anilines is 1. The molecule has 2 aromatic rings. The van der Waals surface area contributed by atoms with E-state index in [0.717, 1.165) is 18.4 Å². The Morgan fingerprint density at radius 1 is 1.08 bits per heavy atom. The number of hydrogen-bond acceptors (Lipinski definition) is 4. The van der Waals surface area contributed by atoms with Crippen molar-refractivity contribution in [1.29, 1.82) is 0 Å². The van der Waals surface area contributed by atoms with Gasteiger partial charge in [0.2, 0.25) is 11.8 Å². The van der Waals surface area contributed by atoms with Crippen molar-refractivity contribution in [3.05, 3.63) is 46.2 Å². The van der Waals surface area contributed by atoms with Gasteiger partial charge in [-0.3, -0.25) is 14.3 Å². The predicted octanol–water partition coefficient (Wildman–Crippen LogP) is 2.91. The quantitative estimate of drug-likeness (QED) is 0.754. The number of benzene rings is 1.